The van der Waals surface area contributed by atoms with Gasteiger partial charge in [0.2, 0.25) is 0 Å². The standard InChI is InChI=1S/C15H24FNO5/c1-5-20-14(19)21-10-12(16)11-6-8-17(9-7-11)13(18)22-15(2,3)4/h5-10H2,1-4H3. The van der Waals surface area contributed by atoms with E-state index in [-0.39, 0.29) is 6.61 Å². The number of hydrogen-bond donors (Lipinski definition) is 0. The maximum absolute atomic E-state index is 13.9. The van der Waals surface area contributed by atoms with Gasteiger partial charge < -0.3 is 19.1 Å². The monoisotopic (exact) mass is 317 g/mol. The second-order valence-corrected chi connectivity index (χ2v) is 5.95. The molecule has 1 rings (SSSR count). The first-order chi connectivity index (χ1) is 10.2. The molecule has 1 aliphatic rings. The summed E-state index contributed by atoms with van der Waals surface area (Å²) in [5.74, 6) is -0.475. The van der Waals surface area contributed by atoms with Crippen LogP contribution < -0.4 is 0 Å². The number of likely N-dealkylation sites (tertiary alicyclic amines) is 1. The van der Waals surface area contributed by atoms with Gasteiger partial charge in [-0.3, -0.25) is 0 Å². The van der Waals surface area contributed by atoms with E-state index in [1.165, 1.54) is 0 Å². The molecule has 126 valence electrons. The highest BCUT2D eigenvalue weighted by Crippen LogP contribution is 2.22. The molecule has 7 heteroatoms. The molecule has 0 unspecified atom stereocenters. The van der Waals surface area contributed by atoms with Crippen molar-refractivity contribution >= 4 is 12.2 Å². The van der Waals surface area contributed by atoms with Gasteiger partial charge in [-0.05, 0) is 46.1 Å². The van der Waals surface area contributed by atoms with Crippen LogP contribution in [0.2, 0.25) is 0 Å². The van der Waals surface area contributed by atoms with Gasteiger partial charge in [0.15, 0.2) is 0 Å². The minimum absolute atomic E-state index is 0.182. The van der Waals surface area contributed by atoms with Gasteiger partial charge in [0.25, 0.3) is 0 Å². The number of piperidine rings is 1. The first-order valence-corrected chi connectivity index (χ1v) is 7.36. The smallest absolute Gasteiger partial charge is 0.444 e. The van der Waals surface area contributed by atoms with Crippen LogP contribution in [-0.2, 0) is 14.2 Å². The van der Waals surface area contributed by atoms with Crippen LogP contribution in [0.5, 0.6) is 0 Å². The predicted molar refractivity (Wildman–Crippen MR) is 78.1 cm³/mol. The molecule has 1 amide bonds. The largest absolute Gasteiger partial charge is 0.508 e. The van der Waals surface area contributed by atoms with Gasteiger partial charge >= 0.3 is 12.2 Å². The predicted octanol–water partition coefficient (Wildman–Crippen LogP) is 3.41. The van der Waals surface area contributed by atoms with E-state index in [1.54, 1.807) is 32.6 Å². The van der Waals surface area contributed by atoms with E-state index in [2.05, 4.69) is 9.47 Å². The third kappa shape index (κ3) is 6.32. The molecule has 1 aliphatic heterocycles. The minimum Gasteiger partial charge on any atom is -0.444 e. The van der Waals surface area contributed by atoms with Crippen LogP contribution in [0.15, 0.2) is 11.4 Å². The van der Waals surface area contributed by atoms with E-state index < -0.39 is 30.3 Å². The number of halogens is 1. The molecule has 0 bridgehead atoms. The van der Waals surface area contributed by atoms with Crippen LogP contribution in [-0.4, -0.2) is 49.1 Å². The SMILES string of the molecule is CCOC(=O)OCC(F)=C1CCN(C(=O)OC(C)(C)C)CC1. The van der Waals surface area contributed by atoms with Gasteiger partial charge in [0.1, 0.15) is 18.0 Å². The highest BCUT2D eigenvalue weighted by molar-refractivity contribution is 5.68. The Kier molecular flexibility index (Phi) is 6.64. The fraction of sp³-hybridized carbons (Fsp3) is 0.733. The van der Waals surface area contributed by atoms with E-state index in [0.717, 1.165) is 0 Å². The summed E-state index contributed by atoms with van der Waals surface area (Å²) in [6.45, 7) is 7.56. The van der Waals surface area contributed by atoms with Gasteiger partial charge in [0.05, 0.1) is 6.61 Å². The number of amides is 1. The third-order valence-electron chi connectivity index (χ3n) is 2.98. The Morgan fingerprint density at radius 3 is 2.27 bits per heavy atom. The highest BCUT2D eigenvalue weighted by atomic mass is 19.1. The van der Waals surface area contributed by atoms with Crippen molar-refractivity contribution in [1.82, 2.24) is 4.90 Å². The molecule has 6 nitrogen and oxygen atoms in total. The summed E-state index contributed by atoms with van der Waals surface area (Å²) in [4.78, 5) is 24.4. The van der Waals surface area contributed by atoms with Crippen molar-refractivity contribution in [1.29, 1.82) is 0 Å². The van der Waals surface area contributed by atoms with Crippen molar-refractivity contribution in [2.45, 2.75) is 46.1 Å². The molecule has 1 saturated heterocycles. The maximum Gasteiger partial charge on any atom is 0.508 e. The molecular weight excluding hydrogens is 293 g/mol. The summed E-state index contributed by atoms with van der Waals surface area (Å²) in [5, 5.41) is 0. The molecule has 0 spiro atoms. The van der Waals surface area contributed by atoms with E-state index in [1.807, 2.05) is 0 Å². The minimum atomic E-state index is -0.885. The van der Waals surface area contributed by atoms with Crippen molar-refractivity contribution in [3.63, 3.8) is 0 Å². The van der Waals surface area contributed by atoms with Crippen LogP contribution in [0, 0.1) is 0 Å². The van der Waals surface area contributed by atoms with E-state index in [0.29, 0.717) is 31.5 Å². The van der Waals surface area contributed by atoms with Gasteiger partial charge in [-0.15, -0.1) is 0 Å². The van der Waals surface area contributed by atoms with Crippen molar-refractivity contribution in [3.8, 4) is 0 Å². The number of ether oxygens (including phenoxy) is 3. The Balaban J connectivity index is 2.45. The van der Waals surface area contributed by atoms with Gasteiger partial charge in [-0.2, -0.15) is 0 Å². The maximum atomic E-state index is 13.9. The lowest BCUT2D eigenvalue weighted by molar-refractivity contribution is 0.0234. The van der Waals surface area contributed by atoms with E-state index >= 15 is 0 Å². The molecule has 1 fully saturated rings. The van der Waals surface area contributed by atoms with Crippen LogP contribution >= 0.6 is 0 Å². The molecule has 0 N–H and O–H groups in total. The zero-order valence-corrected chi connectivity index (χ0v) is 13.6. The van der Waals surface area contributed by atoms with Crippen LogP contribution in [0.25, 0.3) is 0 Å². The van der Waals surface area contributed by atoms with Crippen LogP contribution in [0.3, 0.4) is 0 Å². The summed E-state index contributed by atoms with van der Waals surface area (Å²) in [5.41, 5.74) is 0.00968. The summed E-state index contributed by atoms with van der Waals surface area (Å²) < 4.78 is 28.4. The van der Waals surface area contributed by atoms with Crippen molar-refractivity contribution in [2.24, 2.45) is 0 Å². The Morgan fingerprint density at radius 1 is 1.18 bits per heavy atom. The molecule has 0 aliphatic carbocycles. The normalized spacial score (nSPS) is 15.3. The number of nitrogens with zero attached hydrogens (tertiary/aromatic N) is 1. The van der Waals surface area contributed by atoms with Crippen LogP contribution in [0.1, 0.15) is 40.5 Å². The molecule has 0 radical (unpaired) electrons. The van der Waals surface area contributed by atoms with E-state index in [4.69, 9.17) is 4.74 Å². The molecule has 1 heterocycles. The number of carbonyl (C=O) groups is 2. The van der Waals surface area contributed by atoms with Gasteiger partial charge in [-0.1, -0.05) is 0 Å². The highest BCUT2D eigenvalue weighted by Gasteiger charge is 2.26. The zero-order chi connectivity index (χ0) is 16.8. The fourth-order valence-corrected chi connectivity index (χ4v) is 1.94. The van der Waals surface area contributed by atoms with Crippen molar-refractivity contribution < 1.29 is 28.2 Å². The van der Waals surface area contributed by atoms with Crippen LogP contribution in [0.4, 0.5) is 14.0 Å². The Labute approximate surface area is 130 Å². The second-order valence-electron chi connectivity index (χ2n) is 5.95. The molecule has 0 saturated carbocycles. The van der Waals surface area contributed by atoms with Gasteiger partial charge in [0, 0.05) is 13.1 Å². The quantitative estimate of drug-likeness (QED) is 0.746. The third-order valence-corrected chi connectivity index (χ3v) is 2.98. The fourth-order valence-electron chi connectivity index (χ4n) is 1.94. The first kappa shape index (κ1) is 18.3. The lowest BCUT2D eigenvalue weighted by atomic mass is 10.0. The Morgan fingerprint density at radius 2 is 1.77 bits per heavy atom. The summed E-state index contributed by atoms with van der Waals surface area (Å²) in [6, 6.07) is 0. The molecule has 0 atom stereocenters. The lowest BCUT2D eigenvalue weighted by Crippen LogP contribution is -2.40. The first-order valence-electron chi connectivity index (χ1n) is 7.36. The molecule has 22 heavy (non-hydrogen) atoms. The molecule has 0 aromatic rings. The molecule has 0 aromatic heterocycles. The number of hydrogen-bond acceptors (Lipinski definition) is 5. The Bertz CT molecular complexity index is 432. The van der Waals surface area contributed by atoms with Crippen molar-refractivity contribution in [2.75, 3.05) is 26.3 Å². The topological polar surface area (TPSA) is 65.1 Å². The van der Waals surface area contributed by atoms with Crippen molar-refractivity contribution in [3.05, 3.63) is 11.4 Å². The molecular formula is C15H24FNO5. The Hall–Kier alpha value is -1.79. The summed E-state index contributed by atoms with van der Waals surface area (Å²) in [7, 11) is 0. The lowest BCUT2D eigenvalue weighted by Gasteiger charge is -2.31. The summed E-state index contributed by atoms with van der Waals surface area (Å²) >= 11 is 0. The van der Waals surface area contributed by atoms with E-state index in [9.17, 15) is 14.0 Å². The summed E-state index contributed by atoms with van der Waals surface area (Å²) in [6.07, 6.45) is -0.478. The average molecular weight is 317 g/mol. The number of carbonyl (C=O) groups excluding carboxylic acids is 2. The second kappa shape index (κ2) is 8.00. The zero-order valence-electron chi connectivity index (χ0n) is 13.6. The number of rotatable bonds is 3. The average Bonchev–Trinajstić information content (AvgIpc) is 2.43. The van der Waals surface area contributed by atoms with Gasteiger partial charge in [-0.25, -0.2) is 14.0 Å². The molecule has 0 aromatic carbocycles.